The summed E-state index contributed by atoms with van der Waals surface area (Å²) in [6.45, 7) is 7.65. The topological polar surface area (TPSA) is 124 Å². The molecule has 0 saturated carbocycles. The minimum Gasteiger partial charge on any atom is -0.385 e. The van der Waals surface area contributed by atoms with Crippen molar-refractivity contribution >= 4 is 18.0 Å². The number of hydrogen-bond acceptors (Lipinski definition) is 8. The van der Waals surface area contributed by atoms with Crippen LogP contribution in [0.4, 0.5) is 11.8 Å². The summed E-state index contributed by atoms with van der Waals surface area (Å²) in [5, 5.41) is 19.4. The fourth-order valence-corrected chi connectivity index (χ4v) is 2.34. The molecule has 0 spiro atoms. The van der Waals surface area contributed by atoms with Gasteiger partial charge in [-0.2, -0.15) is 10.2 Å². The first-order valence-electron chi connectivity index (χ1n) is 7.76. The molecule has 0 aliphatic carbocycles. The van der Waals surface area contributed by atoms with Crippen LogP contribution in [0.25, 0.3) is 0 Å². The fourth-order valence-electron chi connectivity index (χ4n) is 2.34. The maximum atomic E-state index is 9.43. The van der Waals surface area contributed by atoms with Crippen molar-refractivity contribution in [2.24, 2.45) is 5.73 Å². The highest BCUT2D eigenvalue weighted by Gasteiger charge is 2.27. The molecule has 1 fully saturated rings. The van der Waals surface area contributed by atoms with Gasteiger partial charge >= 0.3 is 0 Å². The van der Waals surface area contributed by atoms with Gasteiger partial charge in [0, 0.05) is 18.8 Å². The Morgan fingerprint density at radius 3 is 2.96 bits per heavy atom. The fraction of sp³-hybridized carbons (Fsp3) is 0.500. The van der Waals surface area contributed by atoms with Gasteiger partial charge in [0.1, 0.15) is 11.6 Å². The van der Waals surface area contributed by atoms with Gasteiger partial charge in [-0.05, 0) is 26.8 Å². The first-order chi connectivity index (χ1) is 11.4. The third kappa shape index (κ3) is 4.00. The van der Waals surface area contributed by atoms with Crippen LogP contribution in [0.2, 0.25) is 0 Å². The third-order valence-electron chi connectivity index (χ3n) is 3.81. The lowest BCUT2D eigenvalue weighted by molar-refractivity contribution is 0.0985. The Morgan fingerprint density at radius 2 is 2.33 bits per heavy atom. The molecule has 1 saturated heterocycles. The third-order valence-corrected chi connectivity index (χ3v) is 3.81. The molecular formula is C16H23N7O. The molecule has 0 bridgehead atoms. The van der Waals surface area contributed by atoms with E-state index in [0.29, 0.717) is 24.9 Å². The second kappa shape index (κ2) is 7.27. The van der Waals surface area contributed by atoms with Crippen LogP contribution in [0.15, 0.2) is 18.0 Å². The van der Waals surface area contributed by atoms with E-state index in [1.54, 1.807) is 0 Å². The highest BCUT2D eigenvalue weighted by molar-refractivity contribution is 5.69. The van der Waals surface area contributed by atoms with E-state index in [1.807, 2.05) is 19.9 Å². The van der Waals surface area contributed by atoms with Crippen molar-refractivity contribution in [1.29, 1.82) is 10.7 Å². The van der Waals surface area contributed by atoms with Gasteiger partial charge in [-0.15, -0.1) is 0 Å². The summed E-state index contributed by atoms with van der Waals surface area (Å²) in [5.41, 5.74) is 5.63. The van der Waals surface area contributed by atoms with Crippen LogP contribution in [0.5, 0.6) is 0 Å². The van der Waals surface area contributed by atoms with Crippen LogP contribution in [0.1, 0.15) is 26.5 Å². The summed E-state index contributed by atoms with van der Waals surface area (Å²) < 4.78 is 5.47. The minimum absolute atomic E-state index is 0.175. The number of hydrogen-bond donors (Lipinski definition) is 3. The summed E-state index contributed by atoms with van der Waals surface area (Å²) in [7, 11) is 0. The van der Waals surface area contributed by atoms with Gasteiger partial charge in [0.15, 0.2) is 0 Å². The zero-order chi connectivity index (χ0) is 17.7. The molecule has 1 aliphatic rings. The highest BCUT2D eigenvalue weighted by Crippen LogP contribution is 2.27. The normalized spacial score (nSPS) is 18.8. The second-order valence-electron chi connectivity index (χ2n) is 6.20. The lowest BCUT2D eigenvalue weighted by Crippen LogP contribution is -2.44. The lowest BCUT2D eigenvalue weighted by atomic mass is 9.91. The van der Waals surface area contributed by atoms with Crippen LogP contribution < -0.4 is 16.0 Å². The van der Waals surface area contributed by atoms with E-state index in [0.717, 1.165) is 18.6 Å². The van der Waals surface area contributed by atoms with E-state index >= 15 is 0 Å². The Labute approximate surface area is 141 Å². The summed E-state index contributed by atoms with van der Waals surface area (Å²) in [6.07, 6.45) is 2.48. The molecule has 1 atom stereocenters. The first-order valence-corrected chi connectivity index (χ1v) is 7.76. The Kier molecular flexibility index (Phi) is 5.36. The van der Waals surface area contributed by atoms with Crippen LogP contribution in [0, 0.1) is 16.7 Å². The smallest absolute Gasteiger partial charge is 0.230 e. The minimum atomic E-state index is -0.760. The van der Waals surface area contributed by atoms with Gasteiger partial charge in [0.2, 0.25) is 5.95 Å². The summed E-state index contributed by atoms with van der Waals surface area (Å²) in [5.74, 6) is 1.29. The van der Waals surface area contributed by atoms with Crippen molar-refractivity contribution < 1.29 is 4.74 Å². The number of ether oxygens (including phenoxy) is 1. The molecule has 1 aromatic heterocycles. The van der Waals surface area contributed by atoms with Gasteiger partial charge in [0.25, 0.3) is 0 Å². The van der Waals surface area contributed by atoms with Crippen molar-refractivity contribution in [3.05, 3.63) is 23.7 Å². The van der Waals surface area contributed by atoms with E-state index in [-0.39, 0.29) is 11.9 Å². The van der Waals surface area contributed by atoms with E-state index in [9.17, 15) is 5.26 Å². The van der Waals surface area contributed by atoms with Gasteiger partial charge in [0.05, 0.1) is 36.4 Å². The number of nitrogens with two attached hydrogens (primary N) is 1. The van der Waals surface area contributed by atoms with Crippen molar-refractivity contribution in [3.63, 3.8) is 0 Å². The molecule has 4 N–H and O–H groups in total. The molecule has 0 radical (unpaired) electrons. The first kappa shape index (κ1) is 17.7. The number of anilines is 2. The number of nitrogens with zero attached hydrogens (tertiary/aromatic N) is 4. The van der Waals surface area contributed by atoms with E-state index in [1.165, 1.54) is 6.08 Å². The quantitative estimate of drug-likeness (QED) is 0.697. The number of morpholine rings is 1. The van der Waals surface area contributed by atoms with Crippen molar-refractivity contribution in [2.45, 2.75) is 32.2 Å². The summed E-state index contributed by atoms with van der Waals surface area (Å²) in [6, 6.07) is 4.28. The number of nitrogens with one attached hydrogen (secondary N) is 2. The molecule has 1 unspecified atom stereocenters. The van der Waals surface area contributed by atoms with Crippen LogP contribution >= 0.6 is 0 Å². The number of allylic oxidation sites excluding steroid dienone is 1. The number of nitriles is 1. The molecule has 1 aliphatic heterocycles. The number of rotatable bonds is 5. The van der Waals surface area contributed by atoms with E-state index < -0.39 is 5.41 Å². The number of aromatic nitrogens is 2. The van der Waals surface area contributed by atoms with Crippen molar-refractivity contribution in [2.75, 3.05) is 30.0 Å². The lowest BCUT2D eigenvalue weighted by Gasteiger charge is -2.34. The predicted octanol–water partition coefficient (Wildman–Crippen LogP) is 1.36. The Morgan fingerprint density at radius 1 is 1.58 bits per heavy atom. The largest absolute Gasteiger partial charge is 0.385 e. The molecule has 8 nitrogen and oxygen atoms in total. The Hall–Kier alpha value is -2.66. The molecular weight excluding hydrogens is 306 g/mol. The average molecular weight is 329 g/mol. The molecule has 128 valence electrons. The zero-order valence-electron chi connectivity index (χ0n) is 14.2. The van der Waals surface area contributed by atoms with Crippen LogP contribution in [0.3, 0.4) is 0 Å². The molecule has 24 heavy (non-hydrogen) atoms. The monoisotopic (exact) mass is 329 g/mol. The second-order valence-corrected chi connectivity index (χ2v) is 6.20. The van der Waals surface area contributed by atoms with E-state index in [4.69, 9.17) is 15.9 Å². The van der Waals surface area contributed by atoms with Gasteiger partial charge in [-0.25, -0.2) is 4.98 Å². The molecule has 2 heterocycles. The zero-order valence-corrected chi connectivity index (χ0v) is 14.2. The molecule has 8 heteroatoms. The summed E-state index contributed by atoms with van der Waals surface area (Å²) in [4.78, 5) is 11.1. The van der Waals surface area contributed by atoms with E-state index in [2.05, 4.69) is 33.2 Å². The maximum Gasteiger partial charge on any atom is 0.230 e. The van der Waals surface area contributed by atoms with Crippen molar-refractivity contribution in [3.8, 4) is 6.07 Å². The molecule has 2 rings (SSSR count). The standard InChI is InChI=1S/C16H23N7O/c1-11-9-24-7-6-23(11)14-8-12(16(2,3)10-18)20-15(22-14)21-13(19)4-5-17/h4-5,8,11,17H,6-7,9,19H2,1-3H3,(H,20,21,22)/b13-4+,17-5?. The average Bonchev–Trinajstić information content (AvgIpc) is 2.55. The molecule has 0 aromatic carbocycles. The molecule has 0 amide bonds. The Bertz CT molecular complexity index is 677. The van der Waals surface area contributed by atoms with Gasteiger partial charge < -0.3 is 26.1 Å². The van der Waals surface area contributed by atoms with Gasteiger partial charge in [-0.1, -0.05) is 0 Å². The highest BCUT2D eigenvalue weighted by atomic mass is 16.5. The van der Waals surface area contributed by atoms with Gasteiger partial charge in [-0.3, -0.25) is 0 Å². The van der Waals surface area contributed by atoms with Crippen LogP contribution in [-0.2, 0) is 10.2 Å². The maximum absolute atomic E-state index is 9.43. The summed E-state index contributed by atoms with van der Waals surface area (Å²) >= 11 is 0. The predicted molar refractivity (Wildman–Crippen MR) is 93.0 cm³/mol. The van der Waals surface area contributed by atoms with Crippen molar-refractivity contribution in [1.82, 2.24) is 9.97 Å². The molecule has 1 aromatic rings. The Balaban J connectivity index is 2.46. The SMILES string of the molecule is CC1COCCN1c1cc(C(C)(C)C#N)nc(N/C(N)=C/C=N)n1. The van der Waals surface area contributed by atoms with Crippen LogP contribution in [-0.4, -0.2) is 42.0 Å².